The van der Waals surface area contributed by atoms with E-state index in [1.165, 1.54) is 0 Å². The average Bonchev–Trinajstić information content (AvgIpc) is 2.72. The van der Waals surface area contributed by atoms with Crippen LogP contribution in [0, 0.1) is 13.8 Å². The quantitative estimate of drug-likeness (QED) is 0.795. The molecule has 1 rings (SSSR count). The smallest absolute Gasteiger partial charge is 0.344 e. The molecule has 0 spiro atoms. The Morgan fingerprint density at radius 2 is 1.95 bits per heavy atom. The third kappa shape index (κ3) is 4.08. The molecule has 1 aromatic rings. The van der Waals surface area contributed by atoms with Gasteiger partial charge in [-0.3, -0.25) is 4.79 Å². The first-order valence-electron chi connectivity index (χ1n) is 6.38. The predicted molar refractivity (Wildman–Crippen MR) is 68.8 cm³/mol. The zero-order valence-corrected chi connectivity index (χ0v) is 11.8. The number of aromatic nitrogens is 1. The summed E-state index contributed by atoms with van der Waals surface area (Å²) in [5.41, 5.74) is 0.748. The molecule has 0 saturated carbocycles. The Kier molecular flexibility index (Phi) is 5.54. The summed E-state index contributed by atoms with van der Waals surface area (Å²) in [6, 6.07) is 0.116. The molecule has 0 fully saturated rings. The van der Waals surface area contributed by atoms with Gasteiger partial charge in [0.05, 0.1) is 5.69 Å². The topological polar surface area (TPSA) is 81.4 Å². The monoisotopic (exact) mass is 268 g/mol. The van der Waals surface area contributed by atoms with E-state index >= 15 is 0 Å². The lowest BCUT2D eigenvalue weighted by atomic mass is 10.2. The number of rotatable bonds is 6. The van der Waals surface area contributed by atoms with E-state index in [4.69, 9.17) is 9.26 Å². The lowest BCUT2D eigenvalue weighted by Crippen LogP contribution is -2.36. The lowest BCUT2D eigenvalue weighted by molar-refractivity contribution is -0.125. The number of hydrogen-bond acceptors (Lipinski definition) is 5. The van der Waals surface area contributed by atoms with E-state index in [1.807, 2.05) is 13.8 Å². The molecule has 1 amide bonds. The minimum absolute atomic E-state index is 0.116. The van der Waals surface area contributed by atoms with Crippen LogP contribution in [-0.4, -0.2) is 29.7 Å². The van der Waals surface area contributed by atoms with E-state index in [1.54, 1.807) is 13.8 Å². The molecule has 0 bridgehead atoms. The summed E-state index contributed by atoms with van der Waals surface area (Å²) in [7, 11) is 0. The number of hydrogen-bond donors (Lipinski definition) is 1. The molecule has 1 aromatic heterocycles. The highest BCUT2D eigenvalue weighted by Crippen LogP contribution is 2.13. The minimum Gasteiger partial charge on any atom is -0.452 e. The predicted octanol–water partition coefficient (Wildman–Crippen LogP) is 1.75. The Labute approximate surface area is 112 Å². The van der Waals surface area contributed by atoms with Crippen molar-refractivity contribution in [1.82, 2.24) is 10.5 Å². The zero-order chi connectivity index (χ0) is 14.4. The molecule has 0 saturated heterocycles. The second kappa shape index (κ2) is 6.92. The second-order valence-electron chi connectivity index (χ2n) is 4.36. The summed E-state index contributed by atoms with van der Waals surface area (Å²) < 4.78 is 9.82. The maximum atomic E-state index is 11.8. The third-order valence-corrected chi connectivity index (χ3v) is 2.92. The van der Waals surface area contributed by atoms with Crippen molar-refractivity contribution < 1.29 is 18.8 Å². The highest BCUT2D eigenvalue weighted by Gasteiger charge is 2.20. The maximum absolute atomic E-state index is 11.8. The molecule has 6 heteroatoms. The molecule has 0 unspecified atom stereocenters. The number of esters is 1. The fourth-order valence-electron chi connectivity index (χ4n) is 1.74. The minimum atomic E-state index is -0.587. The standard InChI is InChI=1S/C13H20N2O4/c1-5-10(6-2)14-11(16)7-18-13(17)12-8(3)15-19-9(12)4/h10H,5-7H2,1-4H3,(H,14,16). The van der Waals surface area contributed by atoms with Crippen molar-refractivity contribution in [2.45, 2.75) is 46.6 Å². The molecule has 0 aliphatic heterocycles. The molecule has 0 radical (unpaired) electrons. The van der Waals surface area contributed by atoms with E-state index in [0.717, 1.165) is 12.8 Å². The van der Waals surface area contributed by atoms with Crippen LogP contribution >= 0.6 is 0 Å². The van der Waals surface area contributed by atoms with Crippen LogP contribution in [-0.2, 0) is 9.53 Å². The van der Waals surface area contributed by atoms with Crippen LogP contribution in [0.2, 0.25) is 0 Å². The van der Waals surface area contributed by atoms with Gasteiger partial charge in [-0.15, -0.1) is 0 Å². The van der Waals surface area contributed by atoms with Gasteiger partial charge in [-0.25, -0.2) is 4.79 Å². The normalized spacial score (nSPS) is 10.6. The van der Waals surface area contributed by atoms with Crippen LogP contribution in [0.1, 0.15) is 48.5 Å². The molecule has 1 N–H and O–H groups in total. The Morgan fingerprint density at radius 1 is 1.32 bits per heavy atom. The van der Waals surface area contributed by atoms with E-state index in [0.29, 0.717) is 11.5 Å². The van der Waals surface area contributed by atoms with Gasteiger partial charge in [0.2, 0.25) is 0 Å². The van der Waals surface area contributed by atoms with Crippen molar-refractivity contribution in [3.8, 4) is 0 Å². The number of amides is 1. The summed E-state index contributed by atoms with van der Waals surface area (Å²) in [6.07, 6.45) is 1.69. The Bertz CT molecular complexity index is 430. The van der Waals surface area contributed by atoms with Crippen molar-refractivity contribution in [2.75, 3.05) is 6.61 Å². The highest BCUT2D eigenvalue weighted by molar-refractivity contribution is 5.93. The van der Waals surface area contributed by atoms with E-state index in [2.05, 4.69) is 10.5 Å². The van der Waals surface area contributed by atoms with Gasteiger partial charge in [-0.1, -0.05) is 19.0 Å². The van der Waals surface area contributed by atoms with Crippen LogP contribution in [0.25, 0.3) is 0 Å². The Morgan fingerprint density at radius 3 is 2.42 bits per heavy atom. The van der Waals surface area contributed by atoms with E-state index in [9.17, 15) is 9.59 Å². The summed E-state index contributed by atoms with van der Waals surface area (Å²) in [6.45, 7) is 6.96. The van der Waals surface area contributed by atoms with Crippen molar-refractivity contribution in [2.24, 2.45) is 0 Å². The van der Waals surface area contributed by atoms with Crippen LogP contribution in [0.15, 0.2) is 4.52 Å². The van der Waals surface area contributed by atoms with Gasteiger partial charge >= 0.3 is 5.97 Å². The molecule has 0 aromatic carbocycles. The summed E-state index contributed by atoms with van der Waals surface area (Å²) >= 11 is 0. The first-order chi connectivity index (χ1) is 8.99. The van der Waals surface area contributed by atoms with Crippen LogP contribution in [0.4, 0.5) is 0 Å². The summed E-state index contributed by atoms with van der Waals surface area (Å²) in [4.78, 5) is 23.4. The van der Waals surface area contributed by atoms with Gasteiger partial charge < -0.3 is 14.6 Å². The number of aryl methyl sites for hydroxylation is 2. The molecule has 19 heavy (non-hydrogen) atoms. The lowest BCUT2D eigenvalue weighted by Gasteiger charge is -2.14. The van der Waals surface area contributed by atoms with Gasteiger partial charge in [0.15, 0.2) is 6.61 Å². The Hall–Kier alpha value is -1.85. The number of ether oxygens (including phenoxy) is 1. The molecule has 0 aliphatic carbocycles. The summed E-state index contributed by atoms with van der Waals surface area (Å²) in [5, 5.41) is 6.45. The Balaban J connectivity index is 2.49. The molecule has 106 valence electrons. The first-order valence-corrected chi connectivity index (χ1v) is 6.38. The largest absolute Gasteiger partial charge is 0.452 e. The number of carbonyl (C=O) groups excluding carboxylic acids is 2. The van der Waals surface area contributed by atoms with Crippen molar-refractivity contribution >= 4 is 11.9 Å². The molecule has 0 aliphatic rings. The molecular weight excluding hydrogens is 248 g/mol. The van der Waals surface area contributed by atoms with Crippen molar-refractivity contribution in [3.63, 3.8) is 0 Å². The zero-order valence-electron chi connectivity index (χ0n) is 11.8. The van der Waals surface area contributed by atoms with Gasteiger partial charge in [-0.05, 0) is 26.7 Å². The maximum Gasteiger partial charge on any atom is 0.344 e. The number of nitrogens with one attached hydrogen (secondary N) is 1. The van der Waals surface area contributed by atoms with Crippen LogP contribution < -0.4 is 5.32 Å². The van der Waals surface area contributed by atoms with Gasteiger partial charge in [0, 0.05) is 6.04 Å². The molecule has 0 atom stereocenters. The fraction of sp³-hybridized carbons (Fsp3) is 0.615. The van der Waals surface area contributed by atoms with Gasteiger partial charge in [0.25, 0.3) is 5.91 Å². The van der Waals surface area contributed by atoms with Crippen molar-refractivity contribution in [3.05, 3.63) is 17.0 Å². The van der Waals surface area contributed by atoms with Gasteiger partial charge in [0.1, 0.15) is 11.3 Å². The second-order valence-corrected chi connectivity index (χ2v) is 4.36. The van der Waals surface area contributed by atoms with Crippen molar-refractivity contribution in [1.29, 1.82) is 0 Å². The first kappa shape index (κ1) is 15.2. The molecular formula is C13H20N2O4. The highest BCUT2D eigenvalue weighted by atomic mass is 16.5. The molecule has 1 heterocycles. The van der Waals surface area contributed by atoms with Crippen LogP contribution in [0.3, 0.4) is 0 Å². The SMILES string of the molecule is CCC(CC)NC(=O)COC(=O)c1c(C)noc1C. The fourth-order valence-corrected chi connectivity index (χ4v) is 1.74. The number of nitrogens with zero attached hydrogens (tertiary/aromatic N) is 1. The molecule has 6 nitrogen and oxygen atoms in total. The van der Waals surface area contributed by atoms with Gasteiger partial charge in [-0.2, -0.15) is 0 Å². The van der Waals surface area contributed by atoms with E-state index in [-0.39, 0.29) is 24.1 Å². The van der Waals surface area contributed by atoms with E-state index < -0.39 is 5.97 Å². The summed E-state index contributed by atoms with van der Waals surface area (Å²) in [5.74, 6) is -0.493. The number of carbonyl (C=O) groups is 2. The third-order valence-electron chi connectivity index (χ3n) is 2.92. The van der Waals surface area contributed by atoms with Crippen LogP contribution in [0.5, 0.6) is 0 Å². The average molecular weight is 268 g/mol.